The second kappa shape index (κ2) is 7.22. The Bertz CT molecular complexity index is 1040. The lowest BCUT2D eigenvalue weighted by Gasteiger charge is -2.26. The Balaban J connectivity index is 1.43. The fraction of sp³-hybridized carbons (Fsp3) is 0.300. The number of carbonyl (C=O) groups is 1. The van der Waals surface area contributed by atoms with Gasteiger partial charge in [0.05, 0.1) is 24.0 Å². The zero-order valence-electron chi connectivity index (χ0n) is 15.4. The van der Waals surface area contributed by atoms with Gasteiger partial charge in [0.25, 0.3) is 5.91 Å². The number of amides is 1. The van der Waals surface area contributed by atoms with Crippen LogP contribution >= 0.6 is 15.9 Å². The summed E-state index contributed by atoms with van der Waals surface area (Å²) in [5.41, 5.74) is 0.369. The van der Waals surface area contributed by atoms with Gasteiger partial charge in [-0.05, 0) is 59.5 Å². The number of nitrogens with zero attached hydrogens (tertiary/aromatic N) is 5. The van der Waals surface area contributed by atoms with Crippen LogP contribution in [0.5, 0.6) is 0 Å². The van der Waals surface area contributed by atoms with E-state index in [2.05, 4.69) is 36.4 Å². The van der Waals surface area contributed by atoms with E-state index >= 15 is 0 Å². The molecule has 29 heavy (non-hydrogen) atoms. The summed E-state index contributed by atoms with van der Waals surface area (Å²) in [7, 11) is 0. The van der Waals surface area contributed by atoms with Gasteiger partial charge >= 0.3 is 0 Å². The summed E-state index contributed by atoms with van der Waals surface area (Å²) >= 11 is 3.39. The van der Waals surface area contributed by atoms with Gasteiger partial charge in [0.15, 0.2) is 5.82 Å². The van der Waals surface area contributed by atoms with Crippen LogP contribution < -0.4 is 5.32 Å². The minimum absolute atomic E-state index is 0.0413. The van der Waals surface area contributed by atoms with Gasteiger partial charge < -0.3 is 10.2 Å². The average Bonchev–Trinajstić information content (AvgIpc) is 3.45. The lowest BCUT2D eigenvalue weighted by atomic mass is 9.95. The molecule has 2 saturated heterocycles. The Morgan fingerprint density at radius 1 is 1.17 bits per heavy atom. The first-order chi connectivity index (χ1) is 14.1. The van der Waals surface area contributed by atoms with E-state index in [0.29, 0.717) is 0 Å². The van der Waals surface area contributed by atoms with Crippen molar-refractivity contribution >= 4 is 27.7 Å². The summed E-state index contributed by atoms with van der Waals surface area (Å²) in [5.74, 6) is 0.0787. The third-order valence-electron chi connectivity index (χ3n) is 5.67. The fourth-order valence-corrected chi connectivity index (χ4v) is 4.71. The Kier molecular flexibility index (Phi) is 4.54. The maximum absolute atomic E-state index is 14.6. The molecule has 1 aromatic carbocycles. The molecule has 7 nitrogen and oxygen atoms in total. The molecule has 0 radical (unpaired) electrons. The van der Waals surface area contributed by atoms with Crippen molar-refractivity contribution in [2.45, 2.75) is 37.4 Å². The van der Waals surface area contributed by atoms with Crippen LogP contribution in [-0.2, 0) is 0 Å². The van der Waals surface area contributed by atoms with Crippen molar-refractivity contribution in [1.29, 1.82) is 0 Å². The van der Waals surface area contributed by atoms with Crippen LogP contribution in [0.1, 0.15) is 29.6 Å². The van der Waals surface area contributed by atoms with Crippen molar-refractivity contribution < 1.29 is 9.18 Å². The Morgan fingerprint density at radius 2 is 2.00 bits per heavy atom. The standard InChI is InChI=1S/C20H18BrFN6O/c21-12-4-7-18(23-11-12)26-16-10-13-5-6-17(16)27(13)20(29)14-2-1-3-15(22)19(14)28-24-8-9-25-28/h1-4,7-9,11,13,16-17H,5-6,10H2,(H,23,26)/t13-,16-,17+/m1/s1. The highest BCUT2D eigenvalue weighted by Crippen LogP contribution is 2.40. The van der Waals surface area contributed by atoms with Gasteiger partial charge in [0.1, 0.15) is 11.5 Å². The molecule has 2 aliphatic heterocycles. The van der Waals surface area contributed by atoms with E-state index in [4.69, 9.17) is 0 Å². The number of para-hydroxylation sites is 1. The summed E-state index contributed by atoms with van der Waals surface area (Å²) in [6, 6.07) is 8.64. The molecule has 0 spiro atoms. The molecule has 5 rings (SSSR count). The molecule has 3 aromatic rings. The molecule has 9 heteroatoms. The number of carbonyl (C=O) groups excluding carboxylic acids is 1. The summed E-state index contributed by atoms with van der Waals surface area (Å²) < 4.78 is 15.5. The monoisotopic (exact) mass is 456 g/mol. The second-order valence-corrected chi connectivity index (χ2v) is 8.23. The third-order valence-corrected chi connectivity index (χ3v) is 6.14. The second-order valence-electron chi connectivity index (χ2n) is 7.31. The van der Waals surface area contributed by atoms with E-state index in [1.165, 1.54) is 23.3 Å². The first-order valence-electron chi connectivity index (χ1n) is 9.48. The Hall–Kier alpha value is -2.81. The smallest absolute Gasteiger partial charge is 0.256 e. The molecule has 0 saturated carbocycles. The molecule has 0 aliphatic carbocycles. The van der Waals surface area contributed by atoms with E-state index in [0.717, 1.165) is 29.6 Å². The number of aromatic nitrogens is 4. The molecule has 2 aromatic heterocycles. The molecule has 2 aliphatic rings. The summed E-state index contributed by atoms with van der Waals surface area (Å²) in [4.78, 5) is 20.9. The van der Waals surface area contributed by atoms with Gasteiger partial charge in [0, 0.05) is 22.8 Å². The van der Waals surface area contributed by atoms with E-state index < -0.39 is 5.82 Å². The number of nitrogens with one attached hydrogen (secondary N) is 1. The highest BCUT2D eigenvalue weighted by atomic mass is 79.9. The lowest BCUT2D eigenvalue weighted by Crippen LogP contribution is -2.40. The zero-order chi connectivity index (χ0) is 20.0. The molecule has 1 amide bonds. The predicted molar refractivity (Wildman–Crippen MR) is 108 cm³/mol. The number of anilines is 1. The normalized spacial score (nSPS) is 22.8. The highest BCUT2D eigenvalue weighted by molar-refractivity contribution is 9.10. The van der Waals surface area contributed by atoms with E-state index in [9.17, 15) is 9.18 Å². The van der Waals surface area contributed by atoms with Gasteiger partial charge in [-0.15, -0.1) is 4.80 Å². The predicted octanol–water partition coefficient (Wildman–Crippen LogP) is 3.42. The summed E-state index contributed by atoms with van der Waals surface area (Å²) in [6.07, 6.45) is 7.38. The molecule has 0 unspecified atom stereocenters. The molecular weight excluding hydrogens is 439 g/mol. The summed E-state index contributed by atoms with van der Waals surface area (Å²) in [6.45, 7) is 0. The molecule has 148 valence electrons. The number of benzene rings is 1. The quantitative estimate of drug-likeness (QED) is 0.650. The van der Waals surface area contributed by atoms with Crippen LogP contribution in [0.2, 0.25) is 0 Å². The Labute approximate surface area is 175 Å². The summed E-state index contributed by atoms with van der Waals surface area (Å²) in [5, 5.41) is 11.5. The number of hydrogen-bond acceptors (Lipinski definition) is 5. The maximum Gasteiger partial charge on any atom is 0.256 e. The molecule has 1 N–H and O–H groups in total. The van der Waals surface area contributed by atoms with Gasteiger partial charge in [0.2, 0.25) is 0 Å². The Morgan fingerprint density at radius 3 is 2.76 bits per heavy atom. The van der Waals surface area contributed by atoms with Crippen LogP contribution in [0.15, 0.2) is 53.4 Å². The number of rotatable bonds is 4. The topological polar surface area (TPSA) is 75.9 Å². The van der Waals surface area contributed by atoms with Crippen molar-refractivity contribution in [3.05, 3.63) is 64.8 Å². The van der Waals surface area contributed by atoms with Crippen molar-refractivity contribution in [1.82, 2.24) is 24.9 Å². The van der Waals surface area contributed by atoms with Crippen LogP contribution in [0.4, 0.5) is 10.2 Å². The number of pyridine rings is 1. The molecule has 3 atom stereocenters. The minimum Gasteiger partial charge on any atom is -0.365 e. The zero-order valence-corrected chi connectivity index (χ0v) is 17.0. The maximum atomic E-state index is 14.6. The minimum atomic E-state index is -0.521. The van der Waals surface area contributed by atoms with E-state index in [-0.39, 0.29) is 35.3 Å². The largest absolute Gasteiger partial charge is 0.365 e. The van der Waals surface area contributed by atoms with Crippen LogP contribution in [0.25, 0.3) is 5.69 Å². The first-order valence-corrected chi connectivity index (χ1v) is 10.3. The van der Waals surface area contributed by atoms with Gasteiger partial charge in [-0.25, -0.2) is 9.37 Å². The lowest BCUT2D eigenvalue weighted by molar-refractivity contribution is 0.0727. The van der Waals surface area contributed by atoms with E-state index in [1.54, 1.807) is 18.3 Å². The first kappa shape index (κ1) is 18.2. The molecule has 4 heterocycles. The third kappa shape index (κ3) is 3.19. The van der Waals surface area contributed by atoms with Crippen LogP contribution in [0, 0.1) is 5.82 Å². The number of halogens is 2. The van der Waals surface area contributed by atoms with Gasteiger partial charge in [-0.3, -0.25) is 4.79 Å². The van der Waals surface area contributed by atoms with E-state index in [1.807, 2.05) is 17.0 Å². The number of fused-ring (bicyclic) bond motifs is 2. The van der Waals surface area contributed by atoms with Gasteiger partial charge in [-0.2, -0.15) is 10.2 Å². The molecule has 2 bridgehead atoms. The van der Waals surface area contributed by atoms with Gasteiger partial charge in [-0.1, -0.05) is 6.07 Å². The highest BCUT2D eigenvalue weighted by Gasteiger charge is 2.49. The average molecular weight is 457 g/mol. The SMILES string of the molecule is O=C(c1cccc(F)c1-n1nccn1)N1[C@@H]2CC[C@H]1[C@H](Nc1ccc(Br)cn1)C2. The van der Waals surface area contributed by atoms with Crippen molar-refractivity contribution in [3.63, 3.8) is 0 Å². The molecular formula is C20H18BrFN6O. The fourth-order valence-electron chi connectivity index (χ4n) is 4.47. The number of hydrogen-bond donors (Lipinski definition) is 1. The van der Waals surface area contributed by atoms with Crippen molar-refractivity contribution in [2.75, 3.05) is 5.32 Å². The van der Waals surface area contributed by atoms with Crippen LogP contribution in [-0.4, -0.2) is 48.9 Å². The molecule has 2 fully saturated rings. The van der Waals surface area contributed by atoms with Crippen molar-refractivity contribution in [2.24, 2.45) is 0 Å². The van der Waals surface area contributed by atoms with Crippen LogP contribution in [0.3, 0.4) is 0 Å². The van der Waals surface area contributed by atoms with Crippen molar-refractivity contribution in [3.8, 4) is 5.69 Å².